The van der Waals surface area contributed by atoms with Crippen molar-refractivity contribution in [1.82, 2.24) is 9.80 Å². The lowest BCUT2D eigenvalue weighted by atomic mass is 10.2. The number of ether oxygens (including phenoxy) is 3. The fourth-order valence-electron chi connectivity index (χ4n) is 2.14. The molecule has 0 spiro atoms. The Hall–Kier alpha value is -2.01. The fourth-order valence-corrected chi connectivity index (χ4v) is 2.34. The summed E-state index contributed by atoms with van der Waals surface area (Å²) in [6.45, 7) is 14.8. The third-order valence-electron chi connectivity index (χ3n) is 3.16. The number of carbonyl (C=O) groups excluding carboxylic acids is 3. The zero-order chi connectivity index (χ0) is 25.3. The molecule has 1 N–H and O–H groups in total. The van der Waals surface area contributed by atoms with E-state index in [0.29, 0.717) is 0 Å². The van der Waals surface area contributed by atoms with Crippen LogP contribution in [0.4, 0.5) is 14.4 Å². The van der Waals surface area contributed by atoms with Gasteiger partial charge in [-0.05, 0) is 68.7 Å². The van der Waals surface area contributed by atoms with Crippen molar-refractivity contribution in [3.63, 3.8) is 0 Å². The highest BCUT2D eigenvalue weighted by Gasteiger charge is 2.35. The molecule has 0 radical (unpaired) electrons. The Labute approximate surface area is 196 Å². The molecule has 0 aliphatic heterocycles. The second-order valence-electron chi connectivity index (χ2n) is 9.96. The van der Waals surface area contributed by atoms with Crippen molar-refractivity contribution in [2.75, 3.05) is 25.4 Å². The average molecular weight is 478 g/mol. The number of aliphatic hydroxyl groups excluding tert-OH is 1. The number of thiol groups is 1. The van der Waals surface area contributed by atoms with Crippen LogP contribution in [0.3, 0.4) is 0 Å². The lowest BCUT2D eigenvalue weighted by Crippen LogP contribution is -2.53. The smallest absolute Gasteiger partial charge is 0.437 e. The highest BCUT2D eigenvalue weighted by molar-refractivity contribution is 7.80. The third-order valence-corrected chi connectivity index (χ3v) is 3.36. The van der Waals surface area contributed by atoms with Gasteiger partial charge in [-0.15, -0.1) is 4.99 Å². The molecule has 10 nitrogen and oxygen atoms in total. The molecule has 0 saturated heterocycles. The zero-order valence-corrected chi connectivity index (χ0v) is 21.6. The molecule has 0 aromatic carbocycles. The Balaban J connectivity index is 6.50. The topological polar surface area (TPSA) is 118 Å². The van der Waals surface area contributed by atoms with Crippen LogP contribution in [0.5, 0.6) is 0 Å². The number of hydrogen-bond donors (Lipinski definition) is 2. The van der Waals surface area contributed by atoms with E-state index in [-0.39, 0.29) is 37.8 Å². The van der Waals surface area contributed by atoms with Crippen LogP contribution >= 0.6 is 12.6 Å². The summed E-state index contributed by atoms with van der Waals surface area (Å²) in [5.41, 5.74) is -2.55. The zero-order valence-electron chi connectivity index (χ0n) is 20.7. The number of amides is 3. The van der Waals surface area contributed by atoms with Gasteiger partial charge >= 0.3 is 18.3 Å². The van der Waals surface area contributed by atoms with Crippen LogP contribution in [0, 0.1) is 0 Å². The molecule has 0 aliphatic carbocycles. The molecular weight excluding hydrogens is 438 g/mol. The molecule has 0 aromatic rings. The standard InChI is InChI=1S/C21H39N3O7S/c1-19(2,3)29-16(26)22-15(24(12-14-32)18(28)31-21(7,8)9)23(11-10-13-25)17(27)30-20(4,5)6/h25,32H,10-14H2,1-9H3. The third kappa shape index (κ3) is 12.7. The highest BCUT2D eigenvalue weighted by atomic mass is 32.1. The van der Waals surface area contributed by atoms with Crippen LogP contribution in [-0.2, 0) is 14.2 Å². The van der Waals surface area contributed by atoms with Crippen molar-refractivity contribution in [1.29, 1.82) is 0 Å². The van der Waals surface area contributed by atoms with Gasteiger partial charge in [-0.1, -0.05) is 0 Å². The van der Waals surface area contributed by atoms with E-state index in [2.05, 4.69) is 17.6 Å². The van der Waals surface area contributed by atoms with Crippen molar-refractivity contribution >= 4 is 36.9 Å². The van der Waals surface area contributed by atoms with Crippen LogP contribution < -0.4 is 0 Å². The van der Waals surface area contributed by atoms with E-state index in [0.717, 1.165) is 9.80 Å². The maximum Gasteiger partial charge on any atom is 0.437 e. The summed E-state index contributed by atoms with van der Waals surface area (Å²) in [6, 6.07) is 0. The van der Waals surface area contributed by atoms with Crippen LogP contribution in [0.2, 0.25) is 0 Å². The van der Waals surface area contributed by atoms with Crippen molar-refractivity contribution < 1.29 is 33.7 Å². The summed E-state index contributed by atoms with van der Waals surface area (Å²) in [4.78, 5) is 44.4. The lowest BCUT2D eigenvalue weighted by Gasteiger charge is -2.33. The molecule has 0 fully saturated rings. The lowest BCUT2D eigenvalue weighted by molar-refractivity contribution is 0.0277. The van der Waals surface area contributed by atoms with Crippen molar-refractivity contribution in [2.45, 2.75) is 85.5 Å². The number of aliphatic imine (C=N–C) groups is 1. The van der Waals surface area contributed by atoms with Gasteiger partial charge < -0.3 is 19.3 Å². The van der Waals surface area contributed by atoms with E-state index >= 15 is 0 Å². The molecular formula is C21H39N3O7S. The van der Waals surface area contributed by atoms with Crippen molar-refractivity contribution in [3.05, 3.63) is 0 Å². The number of aliphatic hydroxyl groups is 1. The molecule has 0 atom stereocenters. The number of nitrogens with zero attached hydrogens (tertiary/aromatic N) is 3. The van der Waals surface area contributed by atoms with Gasteiger partial charge in [-0.2, -0.15) is 12.6 Å². The Morgan fingerprint density at radius 2 is 1.19 bits per heavy atom. The molecule has 0 heterocycles. The minimum atomic E-state index is -1.00. The van der Waals surface area contributed by atoms with Crippen molar-refractivity contribution in [2.24, 2.45) is 4.99 Å². The van der Waals surface area contributed by atoms with E-state index in [1.54, 1.807) is 62.3 Å². The number of hydrogen-bond acceptors (Lipinski definition) is 8. The monoisotopic (exact) mass is 477 g/mol. The highest BCUT2D eigenvalue weighted by Crippen LogP contribution is 2.17. The Morgan fingerprint density at radius 1 is 0.781 bits per heavy atom. The maximum atomic E-state index is 13.0. The first-order valence-electron chi connectivity index (χ1n) is 10.4. The van der Waals surface area contributed by atoms with Gasteiger partial charge in [0.25, 0.3) is 0 Å². The summed E-state index contributed by atoms with van der Waals surface area (Å²) < 4.78 is 16.1. The van der Waals surface area contributed by atoms with Crippen LogP contribution in [0.15, 0.2) is 4.99 Å². The van der Waals surface area contributed by atoms with E-state index in [1.165, 1.54) is 0 Å². The molecule has 11 heteroatoms. The SMILES string of the molecule is CC(C)(C)OC(=O)N=C(N(CCS)C(=O)OC(C)(C)C)N(CCCO)C(=O)OC(C)(C)C. The summed E-state index contributed by atoms with van der Waals surface area (Å²) in [7, 11) is 0. The quantitative estimate of drug-likeness (QED) is 0.265. The Bertz CT molecular complexity index is 676. The molecule has 0 rings (SSSR count). The second-order valence-corrected chi connectivity index (χ2v) is 10.4. The minimum absolute atomic E-state index is 0.0158. The first kappa shape index (κ1) is 30.0. The van der Waals surface area contributed by atoms with Crippen LogP contribution in [-0.4, -0.2) is 81.4 Å². The predicted molar refractivity (Wildman–Crippen MR) is 125 cm³/mol. The Morgan fingerprint density at radius 3 is 1.53 bits per heavy atom. The first-order valence-corrected chi connectivity index (χ1v) is 11.1. The minimum Gasteiger partial charge on any atom is -0.443 e. The number of guanidine groups is 1. The van der Waals surface area contributed by atoms with Gasteiger partial charge in [-0.25, -0.2) is 24.2 Å². The normalized spacial score (nSPS) is 12.8. The van der Waals surface area contributed by atoms with E-state index in [4.69, 9.17) is 14.2 Å². The Kier molecular flexibility index (Phi) is 11.5. The van der Waals surface area contributed by atoms with E-state index < -0.39 is 35.1 Å². The molecule has 3 amide bonds. The summed E-state index contributed by atoms with van der Waals surface area (Å²) in [6.07, 6.45) is -2.53. The maximum absolute atomic E-state index is 13.0. The fraction of sp³-hybridized carbons (Fsp3) is 0.810. The second kappa shape index (κ2) is 12.3. The predicted octanol–water partition coefficient (Wildman–Crippen LogP) is 4.06. The van der Waals surface area contributed by atoms with Gasteiger partial charge in [0.1, 0.15) is 16.8 Å². The van der Waals surface area contributed by atoms with Gasteiger partial charge in [0.2, 0.25) is 5.96 Å². The van der Waals surface area contributed by atoms with E-state index in [1.807, 2.05) is 0 Å². The van der Waals surface area contributed by atoms with E-state index in [9.17, 15) is 19.5 Å². The molecule has 0 aromatic heterocycles. The largest absolute Gasteiger partial charge is 0.443 e. The van der Waals surface area contributed by atoms with Gasteiger partial charge in [0.05, 0.1) is 0 Å². The number of carbonyl (C=O) groups is 3. The summed E-state index contributed by atoms with van der Waals surface area (Å²) >= 11 is 4.18. The van der Waals surface area contributed by atoms with Crippen molar-refractivity contribution in [3.8, 4) is 0 Å². The van der Waals surface area contributed by atoms with Gasteiger partial charge in [0.15, 0.2) is 0 Å². The summed E-state index contributed by atoms with van der Waals surface area (Å²) in [5.74, 6) is -0.139. The molecule has 0 bridgehead atoms. The van der Waals surface area contributed by atoms with Gasteiger partial charge in [0, 0.05) is 25.4 Å². The van der Waals surface area contributed by atoms with Gasteiger partial charge in [-0.3, -0.25) is 0 Å². The average Bonchev–Trinajstić information content (AvgIpc) is 2.54. The summed E-state index contributed by atoms with van der Waals surface area (Å²) in [5, 5.41) is 9.32. The molecule has 32 heavy (non-hydrogen) atoms. The van der Waals surface area contributed by atoms with Crippen LogP contribution in [0.25, 0.3) is 0 Å². The molecule has 186 valence electrons. The molecule has 0 aliphatic rings. The van der Waals surface area contributed by atoms with Crippen LogP contribution in [0.1, 0.15) is 68.7 Å². The molecule has 0 saturated carbocycles. The number of rotatable bonds is 5. The molecule has 0 unspecified atom stereocenters. The first-order chi connectivity index (χ1) is 14.4.